The van der Waals surface area contributed by atoms with Gasteiger partial charge in [0, 0.05) is 11.0 Å². The SMILES string of the molecule is S=c1[nH]c2ccc(Br)cc2n1CCC1CC1. The molecule has 4 heteroatoms. The second-order valence-electron chi connectivity index (χ2n) is 4.48. The molecule has 0 atom stereocenters. The van der Waals surface area contributed by atoms with Crippen molar-refractivity contribution in [3.8, 4) is 0 Å². The summed E-state index contributed by atoms with van der Waals surface area (Å²) >= 11 is 8.87. The molecule has 1 N–H and O–H groups in total. The number of nitrogens with one attached hydrogen (secondary N) is 1. The Hall–Kier alpha value is -0.610. The molecule has 1 saturated carbocycles. The lowest BCUT2D eigenvalue weighted by atomic mass is 10.3. The average Bonchev–Trinajstić information content (AvgIpc) is 3.01. The quantitative estimate of drug-likeness (QED) is 0.839. The van der Waals surface area contributed by atoms with E-state index in [1.807, 2.05) is 6.07 Å². The highest BCUT2D eigenvalue weighted by Gasteiger charge is 2.21. The van der Waals surface area contributed by atoms with Gasteiger partial charge in [-0.05, 0) is 42.8 Å². The fourth-order valence-electron chi connectivity index (χ4n) is 2.07. The zero-order chi connectivity index (χ0) is 11.1. The Morgan fingerprint density at radius 3 is 3.00 bits per heavy atom. The van der Waals surface area contributed by atoms with Crippen LogP contribution in [0, 0.1) is 10.7 Å². The zero-order valence-corrected chi connectivity index (χ0v) is 11.3. The van der Waals surface area contributed by atoms with Crippen LogP contribution in [0.3, 0.4) is 0 Å². The number of fused-ring (bicyclic) bond motifs is 1. The molecule has 84 valence electrons. The minimum atomic E-state index is 0.841. The number of aromatic nitrogens is 2. The van der Waals surface area contributed by atoms with Crippen molar-refractivity contribution in [2.24, 2.45) is 5.92 Å². The lowest BCUT2D eigenvalue weighted by Crippen LogP contribution is -1.98. The number of benzene rings is 1. The van der Waals surface area contributed by atoms with Crippen LogP contribution < -0.4 is 0 Å². The normalized spacial score (nSPS) is 15.8. The van der Waals surface area contributed by atoms with E-state index < -0.39 is 0 Å². The van der Waals surface area contributed by atoms with Gasteiger partial charge in [0.15, 0.2) is 4.77 Å². The number of aryl methyl sites for hydroxylation is 1. The fourth-order valence-corrected chi connectivity index (χ4v) is 2.71. The highest BCUT2D eigenvalue weighted by Crippen LogP contribution is 2.33. The predicted octanol–water partition coefficient (Wildman–Crippen LogP) is 4.26. The summed E-state index contributed by atoms with van der Waals surface area (Å²) < 4.78 is 4.16. The third-order valence-corrected chi connectivity index (χ3v) is 4.01. The molecule has 1 heterocycles. The van der Waals surface area contributed by atoms with Gasteiger partial charge in [-0.2, -0.15) is 0 Å². The number of hydrogen-bond acceptors (Lipinski definition) is 1. The summed E-state index contributed by atoms with van der Waals surface area (Å²) in [6, 6.07) is 6.25. The standard InChI is InChI=1S/C12H13BrN2S/c13-9-3-4-10-11(7-9)15(12(16)14-10)6-5-8-1-2-8/h3-4,7-8H,1-2,5-6H2,(H,14,16). The van der Waals surface area contributed by atoms with Gasteiger partial charge in [-0.25, -0.2) is 0 Å². The van der Waals surface area contributed by atoms with Crippen LogP contribution in [0.15, 0.2) is 22.7 Å². The van der Waals surface area contributed by atoms with Crippen LogP contribution >= 0.6 is 28.1 Å². The Bertz CT molecular complexity index is 580. The molecule has 1 aliphatic carbocycles. The Morgan fingerprint density at radius 2 is 2.25 bits per heavy atom. The number of rotatable bonds is 3. The van der Waals surface area contributed by atoms with Gasteiger partial charge in [-0.1, -0.05) is 28.8 Å². The first-order valence-electron chi connectivity index (χ1n) is 5.62. The molecule has 1 aromatic carbocycles. The number of halogens is 1. The predicted molar refractivity (Wildman–Crippen MR) is 72.2 cm³/mol. The second-order valence-corrected chi connectivity index (χ2v) is 5.78. The first-order valence-corrected chi connectivity index (χ1v) is 6.82. The summed E-state index contributed by atoms with van der Waals surface area (Å²) in [4.78, 5) is 3.26. The van der Waals surface area contributed by atoms with E-state index in [4.69, 9.17) is 12.2 Å². The van der Waals surface area contributed by atoms with Gasteiger partial charge in [0.25, 0.3) is 0 Å². The molecule has 0 amide bonds. The largest absolute Gasteiger partial charge is 0.331 e. The molecule has 0 radical (unpaired) electrons. The van der Waals surface area contributed by atoms with Crippen molar-refractivity contribution in [2.75, 3.05) is 0 Å². The number of H-pyrrole nitrogens is 1. The average molecular weight is 297 g/mol. The highest BCUT2D eigenvalue weighted by molar-refractivity contribution is 9.10. The topological polar surface area (TPSA) is 20.7 Å². The molecule has 2 nitrogen and oxygen atoms in total. The molecular formula is C12H13BrN2S. The number of hydrogen-bond donors (Lipinski definition) is 1. The minimum Gasteiger partial charge on any atom is -0.331 e. The minimum absolute atomic E-state index is 0.841. The van der Waals surface area contributed by atoms with E-state index in [1.165, 1.54) is 24.8 Å². The Kier molecular flexibility index (Phi) is 2.64. The molecule has 0 bridgehead atoms. The zero-order valence-electron chi connectivity index (χ0n) is 8.87. The molecule has 0 unspecified atom stereocenters. The molecule has 1 aliphatic rings. The number of aromatic amines is 1. The molecule has 1 aromatic heterocycles. The third-order valence-electron chi connectivity index (χ3n) is 3.20. The fraction of sp³-hybridized carbons (Fsp3) is 0.417. The monoisotopic (exact) mass is 296 g/mol. The van der Waals surface area contributed by atoms with E-state index in [2.05, 4.69) is 37.6 Å². The maximum absolute atomic E-state index is 5.36. The van der Waals surface area contributed by atoms with Crippen molar-refractivity contribution in [3.05, 3.63) is 27.4 Å². The molecular weight excluding hydrogens is 284 g/mol. The molecule has 0 saturated heterocycles. The molecule has 0 aliphatic heterocycles. The van der Waals surface area contributed by atoms with E-state index in [1.54, 1.807) is 0 Å². The molecule has 3 rings (SSSR count). The van der Waals surface area contributed by atoms with Crippen molar-refractivity contribution in [2.45, 2.75) is 25.8 Å². The number of nitrogens with zero attached hydrogens (tertiary/aromatic N) is 1. The Labute approximate surface area is 108 Å². The smallest absolute Gasteiger partial charge is 0.178 e. The van der Waals surface area contributed by atoms with E-state index in [0.717, 1.165) is 27.2 Å². The second kappa shape index (κ2) is 4.00. The van der Waals surface area contributed by atoms with Gasteiger partial charge in [-0.3, -0.25) is 0 Å². The van der Waals surface area contributed by atoms with Crippen LogP contribution in [-0.4, -0.2) is 9.55 Å². The van der Waals surface area contributed by atoms with Gasteiger partial charge in [0.05, 0.1) is 11.0 Å². The van der Waals surface area contributed by atoms with Gasteiger partial charge in [-0.15, -0.1) is 0 Å². The summed E-state index contributed by atoms with van der Waals surface area (Å²) in [6.07, 6.45) is 4.06. The summed E-state index contributed by atoms with van der Waals surface area (Å²) in [7, 11) is 0. The van der Waals surface area contributed by atoms with Crippen LogP contribution in [0.25, 0.3) is 11.0 Å². The van der Waals surface area contributed by atoms with Crippen LogP contribution in [0.4, 0.5) is 0 Å². The van der Waals surface area contributed by atoms with Gasteiger partial charge >= 0.3 is 0 Å². The summed E-state index contributed by atoms with van der Waals surface area (Å²) in [5.41, 5.74) is 2.34. The molecule has 1 fully saturated rings. The van der Waals surface area contributed by atoms with Crippen molar-refractivity contribution < 1.29 is 0 Å². The van der Waals surface area contributed by atoms with E-state index in [0.29, 0.717) is 0 Å². The maximum Gasteiger partial charge on any atom is 0.178 e. The van der Waals surface area contributed by atoms with Crippen LogP contribution in [0.5, 0.6) is 0 Å². The van der Waals surface area contributed by atoms with Gasteiger partial charge in [0.1, 0.15) is 0 Å². The first kappa shape index (κ1) is 10.5. The summed E-state index contributed by atoms with van der Waals surface area (Å²) in [5, 5.41) is 0. The molecule has 0 spiro atoms. The van der Waals surface area contributed by atoms with E-state index in [-0.39, 0.29) is 0 Å². The Balaban J connectivity index is 2.02. The Morgan fingerprint density at radius 1 is 1.44 bits per heavy atom. The van der Waals surface area contributed by atoms with Gasteiger partial charge in [0.2, 0.25) is 0 Å². The van der Waals surface area contributed by atoms with Crippen molar-refractivity contribution in [1.29, 1.82) is 0 Å². The van der Waals surface area contributed by atoms with Crippen molar-refractivity contribution >= 4 is 39.2 Å². The number of imidazole rings is 1. The maximum atomic E-state index is 5.36. The molecule has 16 heavy (non-hydrogen) atoms. The molecule has 2 aromatic rings. The van der Waals surface area contributed by atoms with Crippen molar-refractivity contribution in [3.63, 3.8) is 0 Å². The van der Waals surface area contributed by atoms with Crippen molar-refractivity contribution in [1.82, 2.24) is 9.55 Å². The van der Waals surface area contributed by atoms with Crippen LogP contribution in [0.2, 0.25) is 0 Å². The summed E-state index contributed by atoms with van der Waals surface area (Å²) in [5.74, 6) is 0.944. The highest BCUT2D eigenvalue weighted by atomic mass is 79.9. The lowest BCUT2D eigenvalue weighted by Gasteiger charge is -2.03. The van der Waals surface area contributed by atoms with Crippen LogP contribution in [0.1, 0.15) is 19.3 Å². The van der Waals surface area contributed by atoms with Gasteiger partial charge < -0.3 is 9.55 Å². The van der Waals surface area contributed by atoms with E-state index >= 15 is 0 Å². The summed E-state index contributed by atoms with van der Waals surface area (Å²) in [6.45, 7) is 1.04. The van der Waals surface area contributed by atoms with Crippen LogP contribution in [-0.2, 0) is 6.54 Å². The third kappa shape index (κ3) is 1.96. The van der Waals surface area contributed by atoms with E-state index in [9.17, 15) is 0 Å². The first-order chi connectivity index (χ1) is 7.74. The lowest BCUT2D eigenvalue weighted by molar-refractivity contribution is 0.603.